The van der Waals surface area contributed by atoms with E-state index in [0.29, 0.717) is 12.4 Å². The fraction of sp³-hybridized carbons (Fsp3) is 0.125. The summed E-state index contributed by atoms with van der Waals surface area (Å²) in [5, 5.41) is 15.9. The van der Waals surface area contributed by atoms with Gasteiger partial charge in [0, 0.05) is 25.0 Å². The maximum Gasteiger partial charge on any atom is 0.227 e. The molecule has 1 aromatic carbocycles. The first-order chi connectivity index (χ1) is 10.7. The van der Waals surface area contributed by atoms with Crippen LogP contribution in [-0.4, -0.2) is 19.7 Å². The number of aromatic nitrogens is 4. The van der Waals surface area contributed by atoms with Gasteiger partial charge in [-0.15, -0.1) is 0 Å². The van der Waals surface area contributed by atoms with Gasteiger partial charge < -0.3 is 5.32 Å². The van der Waals surface area contributed by atoms with Crippen LogP contribution in [0.1, 0.15) is 5.56 Å². The Labute approximate surface area is 128 Å². The molecule has 2 heterocycles. The smallest absolute Gasteiger partial charge is 0.227 e. The fourth-order valence-electron chi connectivity index (χ4n) is 2.08. The molecule has 0 amide bonds. The molecule has 0 aliphatic rings. The minimum absolute atomic E-state index is 0.415. The molecule has 6 heteroatoms. The molecule has 0 radical (unpaired) electrons. The highest BCUT2D eigenvalue weighted by Crippen LogP contribution is 2.20. The molecule has 6 nitrogen and oxygen atoms in total. The molecule has 1 N–H and O–H groups in total. The van der Waals surface area contributed by atoms with Crippen molar-refractivity contribution >= 4 is 11.6 Å². The maximum atomic E-state index is 8.70. The predicted molar refractivity (Wildman–Crippen MR) is 83.3 cm³/mol. The van der Waals surface area contributed by atoms with Crippen LogP contribution in [0.4, 0.5) is 11.6 Å². The Balaban J connectivity index is 1.82. The zero-order valence-corrected chi connectivity index (χ0v) is 12.1. The molecular formula is C16H14N6. The van der Waals surface area contributed by atoms with Gasteiger partial charge in [0.15, 0.2) is 0 Å². The summed E-state index contributed by atoms with van der Waals surface area (Å²) in [5.41, 5.74) is 3.64. The Kier molecular flexibility index (Phi) is 3.79. The van der Waals surface area contributed by atoms with E-state index in [2.05, 4.69) is 26.5 Å². The Hall–Kier alpha value is -3.20. The van der Waals surface area contributed by atoms with Crippen molar-refractivity contribution < 1.29 is 0 Å². The fourth-order valence-corrected chi connectivity index (χ4v) is 2.08. The number of hydrogen-bond donors (Lipinski definition) is 1. The molecule has 0 bridgehead atoms. The average molecular weight is 290 g/mol. The molecule has 0 atom stereocenters. The van der Waals surface area contributed by atoms with E-state index in [4.69, 9.17) is 5.26 Å². The van der Waals surface area contributed by atoms with Crippen molar-refractivity contribution in [2.45, 2.75) is 6.42 Å². The first kappa shape index (κ1) is 13.8. The van der Waals surface area contributed by atoms with Crippen molar-refractivity contribution in [2.24, 2.45) is 7.05 Å². The summed E-state index contributed by atoms with van der Waals surface area (Å²) >= 11 is 0. The van der Waals surface area contributed by atoms with Gasteiger partial charge >= 0.3 is 0 Å². The first-order valence-electron chi connectivity index (χ1n) is 6.79. The lowest BCUT2D eigenvalue weighted by atomic mass is 10.1. The Morgan fingerprint density at radius 2 is 2.05 bits per heavy atom. The van der Waals surface area contributed by atoms with Crippen LogP contribution in [0, 0.1) is 11.3 Å². The molecule has 0 fully saturated rings. The molecule has 0 saturated heterocycles. The van der Waals surface area contributed by atoms with E-state index in [-0.39, 0.29) is 0 Å². The highest BCUT2D eigenvalue weighted by Gasteiger charge is 2.04. The number of nitrogens with one attached hydrogen (secondary N) is 1. The minimum Gasteiger partial charge on any atom is -0.321 e. The number of benzene rings is 1. The van der Waals surface area contributed by atoms with E-state index in [1.165, 1.54) is 0 Å². The summed E-state index contributed by atoms with van der Waals surface area (Å²) in [6.45, 7) is 0. The van der Waals surface area contributed by atoms with Gasteiger partial charge in [-0.2, -0.15) is 10.4 Å². The summed E-state index contributed by atoms with van der Waals surface area (Å²) < 4.78 is 1.71. The third kappa shape index (κ3) is 3.10. The summed E-state index contributed by atoms with van der Waals surface area (Å²) in [6.07, 6.45) is 5.70. The van der Waals surface area contributed by atoms with Gasteiger partial charge in [-0.1, -0.05) is 24.3 Å². The molecule has 3 rings (SSSR count). The van der Waals surface area contributed by atoms with Crippen molar-refractivity contribution in [1.82, 2.24) is 19.7 Å². The predicted octanol–water partition coefficient (Wildman–Crippen LogP) is 2.69. The maximum absolute atomic E-state index is 8.70. The van der Waals surface area contributed by atoms with Crippen molar-refractivity contribution in [3.05, 3.63) is 54.5 Å². The van der Waals surface area contributed by atoms with Crippen molar-refractivity contribution in [2.75, 3.05) is 5.32 Å². The lowest BCUT2D eigenvalue weighted by molar-refractivity contribution is 0.768. The second kappa shape index (κ2) is 6.06. The number of anilines is 2. The third-order valence-electron chi connectivity index (χ3n) is 3.15. The molecular weight excluding hydrogens is 276 g/mol. The molecule has 0 unspecified atom stereocenters. The summed E-state index contributed by atoms with van der Waals surface area (Å²) in [4.78, 5) is 8.71. The first-order valence-corrected chi connectivity index (χ1v) is 6.79. The number of aryl methyl sites for hydroxylation is 1. The van der Waals surface area contributed by atoms with Crippen molar-refractivity contribution in [1.29, 1.82) is 5.26 Å². The highest BCUT2D eigenvalue weighted by molar-refractivity contribution is 5.62. The van der Waals surface area contributed by atoms with Crippen LogP contribution in [0.3, 0.4) is 0 Å². The number of rotatable bonds is 4. The summed E-state index contributed by atoms with van der Waals surface area (Å²) in [6, 6.07) is 11.8. The second-order valence-electron chi connectivity index (χ2n) is 4.82. The minimum atomic E-state index is 0.415. The molecule has 108 valence electrons. The quantitative estimate of drug-likeness (QED) is 0.799. The third-order valence-corrected chi connectivity index (χ3v) is 3.15. The van der Waals surface area contributed by atoms with E-state index < -0.39 is 0 Å². The molecule has 0 aliphatic heterocycles. The van der Waals surface area contributed by atoms with E-state index in [1.807, 2.05) is 43.6 Å². The Morgan fingerprint density at radius 1 is 1.23 bits per heavy atom. The largest absolute Gasteiger partial charge is 0.321 e. The summed E-state index contributed by atoms with van der Waals surface area (Å²) in [5.74, 6) is 0.520. The monoisotopic (exact) mass is 290 g/mol. The van der Waals surface area contributed by atoms with E-state index >= 15 is 0 Å². The van der Waals surface area contributed by atoms with Crippen LogP contribution in [0.25, 0.3) is 11.3 Å². The summed E-state index contributed by atoms with van der Waals surface area (Å²) in [7, 11) is 1.85. The molecule has 22 heavy (non-hydrogen) atoms. The van der Waals surface area contributed by atoms with E-state index in [9.17, 15) is 0 Å². The number of nitrogens with zero attached hydrogens (tertiary/aromatic N) is 5. The Bertz CT molecular complexity index is 813. The zero-order chi connectivity index (χ0) is 15.4. The molecule has 3 aromatic rings. The van der Waals surface area contributed by atoms with Gasteiger partial charge in [0.2, 0.25) is 5.95 Å². The van der Waals surface area contributed by atoms with Gasteiger partial charge in [-0.25, -0.2) is 9.97 Å². The standard InChI is InChI=1S/C16H14N6/c1-22-11-14(10-19-22)20-16-18-9-7-15(21-16)13-4-2-12(3-5-13)6-8-17/h2-5,7,9-11H,6H2,1H3,(H,18,20,21). The van der Waals surface area contributed by atoms with Gasteiger partial charge in [-0.05, 0) is 11.6 Å². The van der Waals surface area contributed by atoms with E-state index in [1.54, 1.807) is 17.1 Å². The molecule has 0 spiro atoms. The number of nitriles is 1. The van der Waals surface area contributed by atoms with Crippen LogP contribution in [-0.2, 0) is 13.5 Å². The normalized spacial score (nSPS) is 10.2. The topological polar surface area (TPSA) is 79.4 Å². The van der Waals surface area contributed by atoms with Crippen LogP contribution in [0.2, 0.25) is 0 Å². The van der Waals surface area contributed by atoms with Gasteiger partial charge in [0.05, 0.1) is 30.1 Å². The van der Waals surface area contributed by atoms with Crippen LogP contribution in [0.5, 0.6) is 0 Å². The molecule has 0 aliphatic carbocycles. The molecule has 2 aromatic heterocycles. The zero-order valence-electron chi connectivity index (χ0n) is 12.1. The van der Waals surface area contributed by atoms with Gasteiger partial charge in [0.25, 0.3) is 0 Å². The van der Waals surface area contributed by atoms with Crippen LogP contribution < -0.4 is 5.32 Å². The number of hydrogen-bond acceptors (Lipinski definition) is 5. The van der Waals surface area contributed by atoms with Gasteiger partial charge in [0.1, 0.15) is 0 Å². The highest BCUT2D eigenvalue weighted by atomic mass is 15.3. The van der Waals surface area contributed by atoms with Crippen molar-refractivity contribution in [3.63, 3.8) is 0 Å². The van der Waals surface area contributed by atoms with Crippen molar-refractivity contribution in [3.8, 4) is 17.3 Å². The lowest BCUT2D eigenvalue weighted by Crippen LogP contribution is -1.97. The van der Waals surface area contributed by atoms with Crippen LogP contribution >= 0.6 is 0 Å². The molecule has 0 saturated carbocycles. The Morgan fingerprint density at radius 3 is 2.73 bits per heavy atom. The van der Waals surface area contributed by atoms with E-state index in [0.717, 1.165) is 22.5 Å². The average Bonchev–Trinajstić information content (AvgIpc) is 2.94. The van der Waals surface area contributed by atoms with Gasteiger partial charge in [-0.3, -0.25) is 4.68 Å². The SMILES string of the molecule is Cn1cc(Nc2nccc(-c3ccc(CC#N)cc3)n2)cn1. The van der Waals surface area contributed by atoms with Crippen LogP contribution in [0.15, 0.2) is 48.9 Å². The second-order valence-corrected chi connectivity index (χ2v) is 4.82. The lowest BCUT2D eigenvalue weighted by Gasteiger charge is -2.05.